The lowest BCUT2D eigenvalue weighted by molar-refractivity contribution is -0.311. The summed E-state index contributed by atoms with van der Waals surface area (Å²) >= 11 is 0. The van der Waals surface area contributed by atoms with Crippen molar-refractivity contribution in [2.45, 2.75) is 41.4 Å². The molecule has 0 spiro atoms. The molecule has 0 radical (unpaired) electrons. The summed E-state index contributed by atoms with van der Waals surface area (Å²) in [6.45, 7) is 1.74. The second kappa shape index (κ2) is 7.16. The molecule has 0 amide bonds. The molecule has 6 atom stereocenters. The van der Waals surface area contributed by atoms with Crippen LogP contribution in [-0.4, -0.2) is 60.2 Å². The number of hydrogen-bond acceptors (Lipinski definition) is 6. The summed E-state index contributed by atoms with van der Waals surface area (Å²) < 4.78 is 34.7. The Hall–Kier alpha value is -0.830. The van der Waals surface area contributed by atoms with Gasteiger partial charge < -0.3 is 24.1 Å². The summed E-state index contributed by atoms with van der Waals surface area (Å²) in [5, 5.41) is 8.93. The van der Waals surface area contributed by atoms with Crippen LogP contribution in [0.4, 0.5) is 0 Å². The van der Waals surface area contributed by atoms with Crippen molar-refractivity contribution in [3.05, 3.63) is 30.3 Å². The van der Waals surface area contributed by atoms with E-state index >= 15 is 0 Å². The molecule has 2 rings (SSSR count). The molecule has 1 heterocycles. The van der Waals surface area contributed by atoms with Crippen molar-refractivity contribution in [2.24, 2.45) is 0 Å². The number of hydrogen-bond donors (Lipinski definition) is 1. The van der Waals surface area contributed by atoms with E-state index in [1.165, 1.54) is 21.3 Å². The number of rotatable bonds is 5. The molecule has 1 aliphatic rings. The van der Waals surface area contributed by atoms with Gasteiger partial charge in [-0.25, -0.2) is 4.21 Å². The van der Waals surface area contributed by atoms with E-state index in [-0.39, 0.29) is 0 Å². The molecule has 2 unspecified atom stereocenters. The van der Waals surface area contributed by atoms with E-state index in [0.29, 0.717) is 4.90 Å². The molecule has 0 aliphatic carbocycles. The first-order valence-electron chi connectivity index (χ1n) is 6.95. The van der Waals surface area contributed by atoms with Crippen molar-refractivity contribution in [3.8, 4) is 0 Å². The molecular weight excluding hydrogens is 308 g/mol. The maximum Gasteiger partial charge on any atom is 0.279 e. The second-order valence-electron chi connectivity index (χ2n) is 5.09. The van der Waals surface area contributed by atoms with Crippen LogP contribution in [0.5, 0.6) is 0 Å². The summed E-state index contributed by atoms with van der Waals surface area (Å²) in [6.07, 6.45) is -2.53. The fourth-order valence-electron chi connectivity index (χ4n) is 2.78. The van der Waals surface area contributed by atoms with Gasteiger partial charge in [0.15, 0.2) is 6.10 Å². The number of ether oxygens (including phenoxy) is 4. The van der Waals surface area contributed by atoms with Crippen molar-refractivity contribution in [1.29, 1.82) is 0 Å². The van der Waals surface area contributed by atoms with Crippen LogP contribution in [0.15, 0.2) is 35.2 Å². The van der Waals surface area contributed by atoms with Gasteiger partial charge in [0.25, 0.3) is 5.12 Å². The predicted octanol–water partition coefficient (Wildman–Crippen LogP) is 0.904. The van der Waals surface area contributed by atoms with Gasteiger partial charge in [0.05, 0.1) is 6.10 Å². The van der Waals surface area contributed by atoms with Gasteiger partial charge in [-0.05, 0) is 19.1 Å². The van der Waals surface area contributed by atoms with Crippen molar-refractivity contribution >= 4 is 10.8 Å². The van der Waals surface area contributed by atoms with Crippen LogP contribution in [0.1, 0.15) is 6.92 Å². The molecule has 1 saturated heterocycles. The van der Waals surface area contributed by atoms with Crippen LogP contribution < -0.4 is 0 Å². The third-order valence-electron chi connectivity index (χ3n) is 3.82. The van der Waals surface area contributed by atoms with Gasteiger partial charge in [-0.2, -0.15) is 0 Å². The fourth-order valence-corrected chi connectivity index (χ4v) is 4.20. The standard InChI is InChI=1S/C15H22O6S/c1-10-12(18-2)13(19-3)14(20-4)15(16,21-10)22(17)11-8-6-5-7-9-11/h5-10,12-14,16H,1-4H3/t10-,12-,13+,14+,15?,22?/m0/s1. The first kappa shape index (κ1) is 17.5. The Morgan fingerprint density at radius 3 is 2.18 bits per heavy atom. The van der Waals surface area contributed by atoms with Crippen molar-refractivity contribution < 1.29 is 28.3 Å². The lowest BCUT2D eigenvalue weighted by atomic mass is 9.99. The Balaban J connectivity index is 2.40. The SMILES string of the molecule is CO[C@@H]1[C@@H](OC)[C@@H](OC)C(O)(S(=O)c2ccccc2)O[C@H]1C. The molecule has 7 heteroatoms. The van der Waals surface area contributed by atoms with Crippen molar-refractivity contribution in [3.63, 3.8) is 0 Å². The average molecular weight is 330 g/mol. The van der Waals surface area contributed by atoms with Gasteiger partial charge in [0.2, 0.25) is 0 Å². The average Bonchev–Trinajstić information content (AvgIpc) is 2.54. The molecule has 6 nitrogen and oxygen atoms in total. The quantitative estimate of drug-likeness (QED) is 0.865. The largest absolute Gasteiger partial charge is 0.376 e. The molecular formula is C15H22O6S. The van der Waals surface area contributed by atoms with Gasteiger partial charge in [0, 0.05) is 26.2 Å². The van der Waals surface area contributed by atoms with E-state index in [1.807, 2.05) is 6.07 Å². The zero-order valence-electron chi connectivity index (χ0n) is 13.1. The summed E-state index contributed by atoms with van der Waals surface area (Å²) in [5.74, 6) is 0. The van der Waals surface area contributed by atoms with Gasteiger partial charge in [-0.15, -0.1) is 0 Å². The second-order valence-corrected chi connectivity index (χ2v) is 6.69. The maximum atomic E-state index is 12.9. The van der Waals surface area contributed by atoms with Gasteiger partial charge >= 0.3 is 0 Å². The highest BCUT2D eigenvalue weighted by Crippen LogP contribution is 2.37. The minimum absolute atomic E-state index is 0.442. The van der Waals surface area contributed by atoms with E-state index in [9.17, 15) is 9.32 Å². The van der Waals surface area contributed by atoms with Gasteiger partial charge in [-0.3, -0.25) is 0 Å². The first-order valence-corrected chi connectivity index (χ1v) is 8.10. The van der Waals surface area contributed by atoms with E-state index in [4.69, 9.17) is 18.9 Å². The summed E-state index contributed by atoms with van der Waals surface area (Å²) in [7, 11) is 2.58. The number of aliphatic hydroxyl groups is 1. The number of benzene rings is 1. The Morgan fingerprint density at radius 2 is 1.68 bits per heavy atom. The van der Waals surface area contributed by atoms with E-state index in [2.05, 4.69) is 0 Å². The molecule has 0 saturated carbocycles. The molecule has 22 heavy (non-hydrogen) atoms. The van der Waals surface area contributed by atoms with Crippen LogP contribution in [0.2, 0.25) is 0 Å². The van der Waals surface area contributed by atoms with Crippen molar-refractivity contribution in [2.75, 3.05) is 21.3 Å². The Labute approximate surface area is 132 Å². The van der Waals surface area contributed by atoms with Crippen LogP contribution in [0.3, 0.4) is 0 Å². The minimum Gasteiger partial charge on any atom is -0.376 e. The first-order chi connectivity index (χ1) is 10.5. The van der Waals surface area contributed by atoms with E-state index < -0.39 is 40.3 Å². The van der Waals surface area contributed by atoms with Gasteiger partial charge in [0.1, 0.15) is 23.0 Å². The highest BCUT2D eigenvalue weighted by atomic mass is 32.2. The van der Waals surface area contributed by atoms with Crippen LogP contribution in [0, 0.1) is 0 Å². The summed E-state index contributed by atoms with van der Waals surface area (Å²) in [5.41, 5.74) is 0. The topological polar surface area (TPSA) is 74.2 Å². The summed E-state index contributed by atoms with van der Waals surface area (Å²) in [6, 6.07) is 8.63. The number of methoxy groups -OCH3 is 3. The summed E-state index contributed by atoms with van der Waals surface area (Å²) in [4.78, 5) is 0.449. The Bertz CT molecular complexity index is 510. The molecule has 0 aromatic heterocycles. The normalized spacial score (nSPS) is 37.0. The molecule has 0 bridgehead atoms. The van der Waals surface area contributed by atoms with Crippen LogP contribution in [-0.2, 0) is 29.7 Å². The highest BCUT2D eigenvalue weighted by Gasteiger charge is 2.58. The van der Waals surface area contributed by atoms with Crippen molar-refractivity contribution in [1.82, 2.24) is 0 Å². The molecule has 124 valence electrons. The van der Waals surface area contributed by atoms with Crippen LogP contribution in [0.25, 0.3) is 0 Å². The zero-order chi connectivity index (χ0) is 16.3. The smallest absolute Gasteiger partial charge is 0.279 e. The monoisotopic (exact) mass is 330 g/mol. The third kappa shape index (κ3) is 2.97. The fraction of sp³-hybridized carbons (Fsp3) is 0.600. The molecule has 1 aromatic carbocycles. The molecule has 1 N–H and O–H groups in total. The van der Waals surface area contributed by atoms with E-state index in [1.54, 1.807) is 31.2 Å². The zero-order valence-corrected chi connectivity index (χ0v) is 13.9. The Kier molecular flexibility index (Phi) is 5.70. The predicted molar refractivity (Wildman–Crippen MR) is 80.7 cm³/mol. The molecule has 1 aliphatic heterocycles. The molecule has 1 fully saturated rings. The van der Waals surface area contributed by atoms with E-state index in [0.717, 1.165) is 0 Å². The molecule has 1 aromatic rings. The van der Waals surface area contributed by atoms with Gasteiger partial charge in [-0.1, -0.05) is 18.2 Å². The third-order valence-corrected chi connectivity index (χ3v) is 5.38. The Morgan fingerprint density at radius 1 is 1.09 bits per heavy atom. The highest BCUT2D eigenvalue weighted by molar-refractivity contribution is 7.86. The maximum absolute atomic E-state index is 12.9. The lowest BCUT2D eigenvalue weighted by Crippen LogP contribution is -2.66. The van der Waals surface area contributed by atoms with Crippen LogP contribution >= 0.6 is 0 Å². The minimum atomic E-state index is -2.02. The lowest BCUT2D eigenvalue weighted by Gasteiger charge is -2.47.